The molecule has 1 aliphatic heterocycles. The van der Waals surface area contributed by atoms with E-state index in [-0.39, 0.29) is 15.8 Å². The Morgan fingerprint density at radius 1 is 1.21 bits per heavy atom. The largest absolute Gasteiger partial charge is 0.360 e. The summed E-state index contributed by atoms with van der Waals surface area (Å²) in [4.78, 5) is 15.0. The van der Waals surface area contributed by atoms with Crippen molar-refractivity contribution in [1.82, 2.24) is 4.31 Å². The third-order valence-corrected chi connectivity index (χ3v) is 7.49. The van der Waals surface area contributed by atoms with E-state index in [0.717, 1.165) is 29.4 Å². The topological polar surface area (TPSA) is 69.7 Å². The lowest BCUT2D eigenvalue weighted by atomic mass is 9.98. The molecule has 2 aromatic rings. The van der Waals surface area contributed by atoms with Crippen LogP contribution in [0.3, 0.4) is 0 Å². The lowest BCUT2D eigenvalue weighted by Crippen LogP contribution is -2.44. The summed E-state index contributed by atoms with van der Waals surface area (Å²) in [6, 6.07) is 10.4. The summed E-state index contributed by atoms with van der Waals surface area (Å²) < 4.78 is 26.0. The molecule has 2 aromatic carbocycles. The molecule has 1 N–H and O–H groups in total. The number of fused-ring (bicyclic) bond motifs is 1. The molecule has 0 fully saturated rings. The summed E-state index contributed by atoms with van der Waals surface area (Å²) in [6.45, 7) is 4.72. The molecule has 0 aromatic heterocycles. The molecule has 1 aliphatic rings. The molecule has 3 rings (SSSR count). The maximum absolute atomic E-state index is 12.9. The minimum absolute atomic E-state index is 0.0339. The number of sulfonamides is 1. The molecule has 0 spiro atoms. The number of nitrogens with zero attached hydrogens (tertiary/aromatic N) is 2. The highest BCUT2D eigenvalue weighted by molar-refractivity contribution is 7.89. The Kier molecular flexibility index (Phi) is 6.22. The molecule has 1 atom stereocenters. The normalized spacial score (nSPS) is 15.2. The zero-order chi connectivity index (χ0) is 21.3. The van der Waals surface area contributed by atoms with Crippen LogP contribution in [0.15, 0.2) is 41.3 Å². The molecule has 8 heteroatoms. The van der Waals surface area contributed by atoms with Gasteiger partial charge in [0.25, 0.3) is 0 Å². The van der Waals surface area contributed by atoms with Gasteiger partial charge in [0.1, 0.15) is 10.9 Å². The quantitative estimate of drug-likeness (QED) is 0.777. The van der Waals surface area contributed by atoms with Gasteiger partial charge in [0.15, 0.2) is 0 Å². The number of rotatable bonds is 5. The second-order valence-corrected chi connectivity index (χ2v) is 10.1. The van der Waals surface area contributed by atoms with E-state index >= 15 is 0 Å². The third-order valence-electron chi connectivity index (χ3n) is 5.19. The van der Waals surface area contributed by atoms with Crippen molar-refractivity contribution < 1.29 is 13.2 Å². The third kappa shape index (κ3) is 4.42. The van der Waals surface area contributed by atoms with Gasteiger partial charge in [-0.2, -0.15) is 0 Å². The van der Waals surface area contributed by atoms with E-state index in [1.807, 2.05) is 6.92 Å². The second-order valence-electron chi connectivity index (χ2n) is 7.53. The van der Waals surface area contributed by atoms with Crippen molar-refractivity contribution in [3.63, 3.8) is 0 Å². The highest BCUT2D eigenvalue weighted by Crippen LogP contribution is 2.30. The van der Waals surface area contributed by atoms with Crippen LogP contribution < -0.4 is 10.2 Å². The lowest BCUT2D eigenvalue weighted by Gasteiger charge is -2.35. The molecular formula is C21H26ClN3O3S. The standard InChI is InChI=1S/C21H26ClN3O3S/c1-14-7-10-19-16(12-14)6-5-11-25(19)15(2)21(26)23-17-8-9-18(22)20(13-17)29(27,28)24(3)4/h7-10,12-13,15H,5-6,11H2,1-4H3,(H,23,26). The fourth-order valence-corrected chi connectivity index (χ4v) is 4.91. The number of anilines is 2. The summed E-state index contributed by atoms with van der Waals surface area (Å²) in [5, 5.41) is 2.95. The maximum Gasteiger partial charge on any atom is 0.246 e. The molecule has 1 unspecified atom stereocenters. The molecule has 29 heavy (non-hydrogen) atoms. The van der Waals surface area contributed by atoms with E-state index in [1.165, 1.54) is 37.4 Å². The molecule has 1 amide bonds. The van der Waals surface area contributed by atoms with Crippen LogP contribution in [0.2, 0.25) is 5.02 Å². The van der Waals surface area contributed by atoms with E-state index in [1.54, 1.807) is 6.07 Å². The first-order chi connectivity index (χ1) is 13.6. The number of amides is 1. The minimum atomic E-state index is -3.71. The van der Waals surface area contributed by atoms with Gasteiger partial charge in [-0.25, -0.2) is 12.7 Å². The smallest absolute Gasteiger partial charge is 0.246 e. The summed E-state index contributed by atoms with van der Waals surface area (Å²) in [5.74, 6) is -0.200. The predicted molar refractivity (Wildman–Crippen MR) is 117 cm³/mol. The Labute approximate surface area is 177 Å². The highest BCUT2D eigenvalue weighted by atomic mass is 35.5. The van der Waals surface area contributed by atoms with Gasteiger partial charge in [-0.05, 0) is 56.5 Å². The van der Waals surface area contributed by atoms with E-state index in [2.05, 4.69) is 35.3 Å². The van der Waals surface area contributed by atoms with E-state index in [4.69, 9.17) is 11.6 Å². The average molecular weight is 436 g/mol. The van der Waals surface area contributed by atoms with E-state index in [9.17, 15) is 13.2 Å². The van der Waals surface area contributed by atoms with Crippen molar-refractivity contribution in [2.75, 3.05) is 30.9 Å². The van der Waals surface area contributed by atoms with Gasteiger partial charge in [0.05, 0.1) is 5.02 Å². The fraction of sp³-hybridized carbons (Fsp3) is 0.381. The number of hydrogen-bond acceptors (Lipinski definition) is 4. The molecule has 1 heterocycles. The Hall–Kier alpha value is -2.09. The van der Waals surface area contributed by atoms with Gasteiger partial charge in [-0.15, -0.1) is 0 Å². The molecule has 0 bridgehead atoms. The number of carbonyl (C=O) groups excluding carboxylic acids is 1. The van der Waals surface area contributed by atoms with E-state index < -0.39 is 16.1 Å². The molecule has 156 valence electrons. The zero-order valence-corrected chi connectivity index (χ0v) is 18.6. The van der Waals surface area contributed by atoms with Crippen LogP contribution in [-0.2, 0) is 21.2 Å². The van der Waals surface area contributed by atoms with Crippen LogP contribution in [0, 0.1) is 6.92 Å². The number of carbonyl (C=O) groups is 1. The molecule has 0 saturated heterocycles. The summed E-state index contributed by atoms with van der Waals surface area (Å²) in [7, 11) is -0.833. The zero-order valence-electron chi connectivity index (χ0n) is 17.1. The van der Waals surface area contributed by atoms with Crippen LogP contribution in [0.5, 0.6) is 0 Å². The van der Waals surface area contributed by atoms with Gasteiger partial charge in [0, 0.05) is 32.0 Å². The van der Waals surface area contributed by atoms with Gasteiger partial charge < -0.3 is 10.2 Å². The van der Waals surface area contributed by atoms with Crippen LogP contribution >= 0.6 is 11.6 Å². The van der Waals surface area contributed by atoms with Crippen molar-refractivity contribution in [3.05, 3.63) is 52.5 Å². The lowest BCUT2D eigenvalue weighted by molar-refractivity contribution is -0.117. The summed E-state index contributed by atoms with van der Waals surface area (Å²) >= 11 is 6.09. The summed E-state index contributed by atoms with van der Waals surface area (Å²) in [5.41, 5.74) is 3.93. The van der Waals surface area contributed by atoms with Crippen molar-refractivity contribution in [1.29, 1.82) is 0 Å². The Morgan fingerprint density at radius 3 is 2.62 bits per heavy atom. The first-order valence-electron chi connectivity index (χ1n) is 9.50. The molecule has 0 saturated carbocycles. The van der Waals surface area contributed by atoms with Crippen LogP contribution in [-0.4, -0.2) is 45.3 Å². The number of benzene rings is 2. The number of halogens is 1. The van der Waals surface area contributed by atoms with Crippen molar-refractivity contribution >= 4 is 38.9 Å². The fourth-order valence-electron chi connectivity index (χ4n) is 3.52. The van der Waals surface area contributed by atoms with Crippen LogP contribution in [0.4, 0.5) is 11.4 Å². The first kappa shape index (κ1) is 21.6. The van der Waals surface area contributed by atoms with Crippen molar-refractivity contribution in [2.45, 2.75) is 37.6 Å². The summed E-state index contributed by atoms with van der Waals surface area (Å²) in [6.07, 6.45) is 1.99. The molecule has 0 aliphatic carbocycles. The van der Waals surface area contributed by atoms with Gasteiger partial charge in [-0.3, -0.25) is 4.79 Å². The molecule has 6 nitrogen and oxygen atoms in total. The number of aryl methyl sites for hydroxylation is 2. The monoisotopic (exact) mass is 435 g/mol. The Morgan fingerprint density at radius 2 is 1.93 bits per heavy atom. The van der Waals surface area contributed by atoms with Crippen molar-refractivity contribution in [2.24, 2.45) is 0 Å². The van der Waals surface area contributed by atoms with Gasteiger partial charge in [-0.1, -0.05) is 29.3 Å². The number of hydrogen-bond donors (Lipinski definition) is 1. The van der Waals surface area contributed by atoms with E-state index in [0.29, 0.717) is 5.69 Å². The average Bonchev–Trinajstić information content (AvgIpc) is 2.67. The number of nitrogens with one attached hydrogen (secondary N) is 1. The van der Waals surface area contributed by atoms with Crippen molar-refractivity contribution in [3.8, 4) is 0 Å². The maximum atomic E-state index is 12.9. The van der Waals surface area contributed by atoms with Gasteiger partial charge in [0.2, 0.25) is 15.9 Å². The van der Waals surface area contributed by atoms with Crippen LogP contribution in [0.25, 0.3) is 0 Å². The minimum Gasteiger partial charge on any atom is -0.360 e. The van der Waals surface area contributed by atoms with Gasteiger partial charge >= 0.3 is 0 Å². The molecule has 0 radical (unpaired) electrons. The Balaban J connectivity index is 1.83. The Bertz CT molecular complexity index is 1040. The SMILES string of the molecule is Cc1ccc2c(c1)CCCN2C(C)C(=O)Nc1ccc(Cl)c(S(=O)(=O)N(C)C)c1. The first-order valence-corrected chi connectivity index (χ1v) is 11.3. The second kappa shape index (κ2) is 8.34. The van der Waals surface area contributed by atoms with Crippen LogP contribution in [0.1, 0.15) is 24.5 Å². The molecular weight excluding hydrogens is 410 g/mol. The predicted octanol–water partition coefficient (Wildman–Crippen LogP) is 3.68. The highest BCUT2D eigenvalue weighted by Gasteiger charge is 2.27.